The second kappa shape index (κ2) is 6.77. The minimum absolute atomic E-state index is 0.166. The number of likely N-dealkylation sites (N-methyl/N-ethyl adjacent to an activating group) is 1. The highest BCUT2D eigenvalue weighted by Crippen LogP contribution is 2.24. The lowest BCUT2D eigenvalue weighted by atomic mass is 9.97. The van der Waals surface area contributed by atoms with Crippen molar-refractivity contribution in [2.45, 2.75) is 32.7 Å². The van der Waals surface area contributed by atoms with Crippen molar-refractivity contribution in [3.05, 3.63) is 52.1 Å². The van der Waals surface area contributed by atoms with E-state index in [9.17, 15) is 0 Å². The fourth-order valence-corrected chi connectivity index (χ4v) is 2.46. The van der Waals surface area contributed by atoms with Crippen molar-refractivity contribution in [1.29, 1.82) is 0 Å². The van der Waals surface area contributed by atoms with E-state index in [1.54, 1.807) is 12.4 Å². The summed E-state index contributed by atoms with van der Waals surface area (Å²) in [5.41, 5.74) is 4.23. The summed E-state index contributed by atoms with van der Waals surface area (Å²) in [5.74, 6) is 0. The van der Waals surface area contributed by atoms with E-state index in [2.05, 4.69) is 33.5 Å². The second-order valence-corrected chi connectivity index (χ2v) is 5.16. The van der Waals surface area contributed by atoms with Gasteiger partial charge < -0.3 is 5.32 Å². The van der Waals surface area contributed by atoms with E-state index in [0.717, 1.165) is 29.8 Å². The van der Waals surface area contributed by atoms with Crippen molar-refractivity contribution in [2.75, 3.05) is 7.05 Å². The zero-order valence-electron chi connectivity index (χ0n) is 12.0. The topological polar surface area (TPSA) is 50.7 Å². The molecule has 0 spiro atoms. The molecule has 1 unspecified atom stereocenters. The molecule has 2 rings (SSSR count). The Labute approximate surface area is 124 Å². The number of hydrogen-bond acceptors (Lipinski definition) is 4. The lowest BCUT2D eigenvalue weighted by Crippen LogP contribution is -2.21. The predicted molar refractivity (Wildman–Crippen MR) is 80.9 cm³/mol. The maximum absolute atomic E-state index is 6.20. The van der Waals surface area contributed by atoms with Crippen LogP contribution in [0.4, 0.5) is 0 Å². The monoisotopic (exact) mass is 290 g/mol. The molecule has 0 amide bonds. The first-order valence-electron chi connectivity index (χ1n) is 6.74. The molecule has 5 heteroatoms. The van der Waals surface area contributed by atoms with Crippen molar-refractivity contribution in [2.24, 2.45) is 0 Å². The summed E-state index contributed by atoms with van der Waals surface area (Å²) in [5, 5.41) is 12.5. The summed E-state index contributed by atoms with van der Waals surface area (Å²) in [6, 6.07) is 4.22. The average molecular weight is 291 g/mol. The average Bonchev–Trinajstić information content (AvgIpc) is 2.46. The van der Waals surface area contributed by atoms with Gasteiger partial charge in [-0.15, -0.1) is 0 Å². The smallest absolute Gasteiger partial charge is 0.0676 e. The largest absolute Gasteiger partial charge is 0.313 e. The zero-order valence-corrected chi connectivity index (χ0v) is 12.8. The lowest BCUT2D eigenvalue weighted by Gasteiger charge is -2.19. The van der Waals surface area contributed by atoms with E-state index in [4.69, 9.17) is 11.6 Å². The Morgan fingerprint density at radius 2 is 2.15 bits per heavy atom. The van der Waals surface area contributed by atoms with Crippen LogP contribution < -0.4 is 5.32 Å². The van der Waals surface area contributed by atoms with Crippen LogP contribution in [0.25, 0.3) is 0 Å². The highest BCUT2D eigenvalue weighted by Gasteiger charge is 2.16. The van der Waals surface area contributed by atoms with Gasteiger partial charge in [0.2, 0.25) is 0 Å². The Balaban J connectivity index is 2.33. The Morgan fingerprint density at radius 3 is 2.80 bits per heavy atom. The summed E-state index contributed by atoms with van der Waals surface area (Å²) in [6.45, 7) is 4.05. The van der Waals surface area contributed by atoms with Crippen molar-refractivity contribution >= 4 is 11.6 Å². The van der Waals surface area contributed by atoms with Gasteiger partial charge in [-0.1, -0.05) is 18.5 Å². The number of aryl methyl sites for hydroxylation is 2. The third kappa shape index (κ3) is 3.32. The van der Waals surface area contributed by atoms with Crippen LogP contribution in [0.15, 0.2) is 24.5 Å². The van der Waals surface area contributed by atoms with Gasteiger partial charge in [-0.2, -0.15) is 10.2 Å². The molecular weight excluding hydrogens is 272 g/mol. The SMILES string of the molecule is CCc1nnc(C)cc1C(Cc1ccncc1Cl)NC. The molecule has 0 aromatic carbocycles. The van der Waals surface area contributed by atoms with Crippen molar-refractivity contribution in [1.82, 2.24) is 20.5 Å². The molecular formula is C15H19ClN4. The van der Waals surface area contributed by atoms with Crippen molar-refractivity contribution < 1.29 is 0 Å². The molecule has 0 fully saturated rings. The van der Waals surface area contributed by atoms with Crippen LogP contribution in [0.1, 0.15) is 35.5 Å². The number of pyridine rings is 1. The minimum atomic E-state index is 0.166. The van der Waals surface area contributed by atoms with E-state index in [1.807, 2.05) is 20.0 Å². The number of hydrogen-bond donors (Lipinski definition) is 1. The second-order valence-electron chi connectivity index (χ2n) is 4.75. The first kappa shape index (κ1) is 14.9. The zero-order chi connectivity index (χ0) is 14.5. The van der Waals surface area contributed by atoms with Gasteiger partial charge in [0.05, 0.1) is 16.4 Å². The fourth-order valence-electron chi connectivity index (χ4n) is 2.27. The number of nitrogens with zero attached hydrogens (tertiary/aromatic N) is 3. The molecule has 4 nitrogen and oxygen atoms in total. The van der Waals surface area contributed by atoms with Gasteiger partial charge in [-0.25, -0.2) is 0 Å². The normalized spacial score (nSPS) is 12.4. The molecule has 0 bridgehead atoms. The van der Waals surface area contributed by atoms with E-state index in [1.165, 1.54) is 5.56 Å². The summed E-state index contributed by atoms with van der Waals surface area (Å²) < 4.78 is 0. The maximum atomic E-state index is 6.20. The van der Waals surface area contributed by atoms with Gasteiger partial charge in [0.25, 0.3) is 0 Å². The molecule has 0 aliphatic rings. The summed E-state index contributed by atoms with van der Waals surface area (Å²) in [4.78, 5) is 4.02. The molecule has 2 heterocycles. The van der Waals surface area contributed by atoms with E-state index < -0.39 is 0 Å². The lowest BCUT2D eigenvalue weighted by molar-refractivity contribution is 0.578. The summed E-state index contributed by atoms with van der Waals surface area (Å²) in [7, 11) is 1.95. The molecule has 2 aromatic rings. The van der Waals surface area contributed by atoms with Gasteiger partial charge in [0, 0.05) is 18.4 Å². The third-order valence-electron chi connectivity index (χ3n) is 3.37. The van der Waals surface area contributed by atoms with Crippen LogP contribution in [0, 0.1) is 6.92 Å². The first-order chi connectivity index (χ1) is 9.65. The van der Waals surface area contributed by atoms with Crippen LogP contribution >= 0.6 is 11.6 Å². The minimum Gasteiger partial charge on any atom is -0.313 e. The van der Waals surface area contributed by atoms with Gasteiger partial charge in [0.1, 0.15) is 0 Å². The Kier molecular flexibility index (Phi) is 5.04. The predicted octanol–water partition coefficient (Wildman–Crippen LogP) is 2.90. The Bertz CT molecular complexity index is 586. The molecule has 0 saturated heterocycles. The Hall–Kier alpha value is -1.52. The van der Waals surface area contributed by atoms with Crippen LogP contribution in [0.3, 0.4) is 0 Å². The van der Waals surface area contributed by atoms with E-state index in [-0.39, 0.29) is 6.04 Å². The van der Waals surface area contributed by atoms with Crippen molar-refractivity contribution in [3.8, 4) is 0 Å². The standard InChI is InChI=1S/C15H19ClN4/c1-4-14-12(7-10(2)19-20-14)15(17-3)8-11-5-6-18-9-13(11)16/h5-7,9,15,17H,4,8H2,1-3H3. The molecule has 1 atom stereocenters. The molecule has 20 heavy (non-hydrogen) atoms. The van der Waals surface area contributed by atoms with Crippen LogP contribution in [-0.2, 0) is 12.8 Å². The molecule has 0 aliphatic carbocycles. The fraction of sp³-hybridized carbons (Fsp3) is 0.400. The maximum Gasteiger partial charge on any atom is 0.0676 e. The number of halogens is 1. The highest BCUT2D eigenvalue weighted by molar-refractivity contribution is 6.31. The van der Waals surface area contributed by atoms with Crippen LogP contribution in [-0.4, -0.2) is 22.2 Å². The van der Waals surface area contributed by atoms with Crippen LogP contribution in [0.2, 0.25) is 5.02 Å². The highest BCUT2D eigenvalue weighted by atomic mass is 35.5. The molecule has 1 N–H and O–H groups in total. The van der Waals surface area contributed by atoms with Gasteiger partial charge >= 0.3 is 0 Å². The molecule has 0 saturated carbocycles. The van der Waals surface area contributed by atoms with Gasteiger partial charge in [0.15, 0.2) is 0 Å². The number of rotatable bonds is 5. The molecule has 2 aromatic heterocycles. The van der Waals surface area contributed by atoms with Gasteiger partial charge in [-0.05, 0) is 50.1 Å². The van der Waals surface area contributed by atoms with Crippen molar-refractivity contribution in [3.63, 3.8) is 0 Å². The first-order valence-corrected chi connectivity index (χ1v) is 7.12. The summed E-state index contributed by atoms with van der Waals surface area (Å²) >= 11 is 6.20. The molecule has 0 aliphatic heterocycles. The number of aromatic nitrogens is 3. The van der Waals surface area contributed by atoms with Crippen LogP contribution in [0.5, 0.6) is 0 Å². The molecule has 106 valence electrons. The van der Waals surface area contributed by atoms with E-state index in [0.29, 0.717) is 5.02 Å². The van der Waals surface area contributed by atoms with E-state index >= 15 is 0 Å². The quantitative estimate of drug-likeness (QED) is 0.920. The molecule has 0 radical (unpaired) electrons. The summed E-state index contributed by atoms with van der Waals surface area (Å²) in [6.07, 6.45) is 5.12. The van der Waals surface area contributed by atoms with Gasteiger partial charge in [-0.3, -0.25) is 4.98 Å². The Morgan fingerprint density at radius 1 is 1.35 bits per heavy atom. The third-order valence-corrected chi connectivity index (χ3v) is 3.71. The number of nitrogens with one attached hydrogen (secondary N) is 1.